The first-order chi connectivity index (χ1) is 14.6. The lowest BCUT2D eigenvalue weighted by atomic mass is 10.1. The number of nitrogens with zero attached hydrogens (tertiary/aromatic N) is 4. The zero-order chi connectivity index (χ0) is 20.7. The van der Waals surface area contributed by atoms with Crippen LogP contribution in [0.4, 0.5) is 8.78 Å². The van der Waals surface area contributed by atoms with Crippen molar-refractivity contribution in [1.82, 2.24) is 19.4 Å². The fourth-order valence-corrected chi connectivity index (χ4v) is 4.33. The Morgan fingerprint density at radius 1 is 1.00 bits per heavy atom. The zero-order valence-corrected chi connectivity index (χ0v) is 16.8. The van der Waals surface area contributed by atoms with Crippen molar-refractivity contribution in [2.75, 3.05) is 33.0 Å². The van der Waals surface area contributed by atoms with Crippen LogP contribution >= 0.6 is 0 Å². The van der Waals surface area contributed by atoms with Crippen LogP contribution in [0.1, 0.15) is 30.9 Å². The summed E-state index contributed by atoms with van der Waals surface area (Å²) in [5, 5.41) is 0. The summed E-state index contributed by atoms with van der Waals surface area (Å²) in [6.07, 6.45) is 0. The van der Waals surface area contributed by atoms with E-state index in [-0.39, 0.29) is 12.8 Å². The second kappa shape index (κ2) is 7.85. The molecule has 2 aromatic carbocycles. The van der Waals surface area contributed by atoms with Gasteiger partial charge in [0.15, 0.2) is 11.5 Å². The second-order valence-electron chi connectivity index (χ2n) is 7.78. The smallest absolute Gasteiger partial charge is 0.320 e. The third-order valence-electron chi connectivity index (χ3n) is 5.99. The van der Waals surface area contributed by atoms with Gasteiger partial charge in [0.25, 0.3) is 0 Å². The monoisotopic (exact) mass is 414 g/mol. The highest BCUT2D eigenvalue weighted by atomic mass is 19.3. The molecule has 0 bridgehead atoms. The van der Waals surface area contributed by atoms with Gasteiger partial charge in [-0.1, -0.05) is 18.2 Å². The fourth-order valence-electron chi connectivity index (χ4n) is 4.33. The minimum Gasteiger partial charge on any atom is -0.454 e. The van der Waals surface area contributed by atoms with Crippen molar-refractivity contribution in [3.63, 3.8) is 0 Å². The number of ether oxygens (including phenoxy) is 2. The number of piperazine rings is 1. The van der Waals surface area contributed by atoms with E-state index >= 15 is 0 Å². The molecular formula is C22H24F2N4O2. The Kier molecular flexibility index (Phi) is 5.04. The van der Waals surface area contributed by atoms with Gasteiger partial charge in [0.2, 0.25) is 6.79 Å². The Balaban J connectivity index is 1.27. The first kappa shape index (κ1) is 19.3. The molecule has 0 saturated carbocycles. The molecule has 1 unspecified atom stereocenters. The van der Waals surface area contributed by atoms with Crippen LogP contribution in [0.5, 0.6) is 11.5 Å². The summed E-state index contributed by atoms with van der Waals surface area (Å²) in [7, 11) is 0. The van der Waals surface area contributed by atoms with Crippen LogP contribution < -0.4 is 9.47 Å². The van der Waals surface area contributed by atoms with Crippen molar-refractivity contribution < 1.29 is 18.3 Å². The van der Waals surface area contributed by atoms with Crippen molar-refractivity contribution >= 4 is 11.0 Å². The van der Waals surface area contributed by atoms with E-state index in [1.165, 1.54) is 5.56 Å². The molecule has 2 aliphatic heterocycles. The number of para-hydroxylation sites is 2. The Morgan fingerprint density at radius 2 is 1.77 bits per heavy atom. The predicted octanol–water partition coefficient (Wildman–Crippen LogP) is 4.04. The topological polar surface area (TPSA) is 42.8 Å². The molecule has 1 atom stereocenters. The number of rotatable bonds is 5. The van der Waals surface area contributed by atoms with E-state index in [2.05, 4.69) is 20.9 Å². The lowest BCUT2D eigenvalue weighted by Gasteiger charge is -2.37. The van der Waals surface area contributed by atoms with E-state index in [0.29, 0.717) is 16.9 Å². The molecule has 0 spiro atoms. The number of hydrogen-bond donors (Lipinski definition) is 0. The molecule has 2 aliphatic rings. The molecule has 8 heteroatoms. The number of hydrogen-bond acceptors (Lipinski definition) is 5. The molecule has 5 rings (SSSR count). The Labute approximate surface area is 173 Å². The van der Waals surface area contributed by atoms with Gasteiger partial charge in [0.05, 0.1) is 17.1 Å². The van der Waals surface area contributed by atoms with E-state index in [4.69, 9.17) is 9.47 Å². The molecule has 0 radical (unpaired) electrons. The molecule has 0 N–H and O–H groups in total. The van der Waals surface area contributed by atoms with Crippen molar-refractivity contribution in [3.8, 4) is 11.5 Å². The first-order valence-electron chi connectivity index (χ1n) is 10.2. The van der Waals surface area contributed by atoms with Crippen LogP contribution in [0.25, 0.3) is 11.0 Å². The van der Waals surface area contributed by atoms with Crippen LogP contribution in [0.2, 0.25) is 0 Å². The molecule has 30 heavy (non-hydrogen) atoms. The molecule has 0 amide bonds. The first-order valence-corrected chi connectivity index (χ1v) is 10.2. The molecule has 1 fully saturated rings. The maximum absolute atomic E-state index is 13.8. The van der Waals surface area contributed by atoms with Crippen molar-refractivity contribution in [1.29, 1.82) is 0 Å². The Morgan fingerprint density at radius 3 is 2.57 bits per heavy atom. The van der Waals surface area contributed by atoms with E-state index in [9.17, 15) is 8.78 Å². The van der Waals surface area contributed by atoms with E-state index in [1.807, 2.05) is 25.1 Å². The van der Waals surface area contributed by atoms with Gasteiger partial charge >= 0.3 is 6.55 Å². The number of aromatic nitrogens is 2. The Hall–Kier alpha value is -2.71. The zero-order valence-electron chi connectivity index (χ0n) is 16.8. The molecule has 6 nitrogen and oxygen atoms in total. The SMILES string of the molecule is CC(c1nc2ccccc2n1C(F)F)N1CCN(Cc2ccc3c(c2)OCO3)CC1. The van der Waals surface area contributed by atoms with Crippen LogP contribution in [0.3, 0.4) is 0 Å². The summed E-state index contributed by atoms with van der Waals surface area (Å²) in [4.78, 5) is 9.14. The maximum atomic E-state index is 13.8. The van der Waals surface area contributed by atoms with Gasteiger partial charge in [-0.2, -0.15) is 8.78 Å². The summed E-state index contributed by atoms with van der Waals surface area (Å²) in [5.41, 5.74) is 2.28. The van der Waals surface area contributed by atoms with Gasteiger partial charge in [0.1, 0.15) is 5.82 Å². The van der Waals surface area contributed by atoms with Gasteiger partial charge in [-0.25, -0.2) is 4.98 Å². The summed E-state index contributed by atoms with van der Waals surface area (Å²) in [6.45, 7) is 3.81. The lowest BCUT2D eigenvalue weighted by molar-refractivity contribution is 0.0558. The Bertz CT molecular complexity index is 1050. The van der Waals surface area contributed by atoms with Crippen molar-refractivity contribution in [2.24, 2.45) is 0 Å². The number of halogens is 2. The fraction of sp³-hybridized carbons (Fsp3) is 0.409. The third-order valence-corrected chi connectivity index (χ3v) is 5.99. The lowest BCUT2D eigenvalue weighted by Crippen LogP contribution is -2.47. The van der Waals surface area contributed by atoms with Gasteiger partial charge in [-0.3, -0.25) is 14.4 Å². The highest BCUT2D eigenvalue weighted by Crippen LogP contribution is 2.33. The van der Waals surface area contributed by atoms with Crippen molar-refractivity contribution in [2.45, 2.75) is 26.1 Å². The summed E-state index contributed by atoms with van der Waals surface area (Å²) >= 11 is 0. The highest BCUT2D eigenvalue weighted by molar-refractivity contribution is 5.76. The van der Waals surface area contributed by atoms with Gasteiger partial charge in [0, 0.05) is 32.7 Å². The van der Waals surface area contributed by atoms with Crippen LogP contribution in [-0.4, -0.2) is 52.3 Å². The van der Waals surface area contributed by atoms with Crippen LogP contribution in [0, 0.1) is 0 Å². The quantitative estimate of drug-likeness (QED) is 0.631. The average Bonchev–Trinajstić information content (AvgIpc) is 3.38. The standard InChI is InChI=1S/C22H24F2N4O2/c1-15(21-25-17-4-2-3-5-18(17)28(21)22(23)24)27-10-8-26(9-11-27)13-16-6-7-19-20(12-16)30-14-29-19/h2-7,12,15,22H,8-11,13-14H2,1H3. The third kappa shape index (κ3) is 3.50. The summed E-state index contributed by atoms with van der Waals surface area (Å²) in [5.74, 6) is 2.01. The van der Waals surface area contributed by atoms with Crippen LogP contribution in [-0.2, 0) is 6.54 Å². The highest BCUT2D eigenvalue weighted by Gasteiger charge is 2.28. The molecule has 1 aromatic heterocycles. The van der Waals surface area contributed by atoms with Gasteiger partial charge in [-0.05, 0) is 36.8 Å². The van der Waals surface area contributed by atoms with Gasteiger partial charge < -0.3 is 9.47 Å². The van der Waals surface area contributed by atoms with E-state index < -0.39 is 6.55 Å². The molecule has 0 aliphatic carbocycles. The summed E-state index contributed by atoms with van der Waals surface area (Å²) < 4.78 is 39.5. The second-order valence-corrected chi connectivity index (χ2v) is 7.78. The number of benzene rings is 2. The summed E-state index contributed by atoms with van der Waals surface area (Å²) in [6, 6.07) is 12.9. The molecular weight excluding hydrogens is 390 g/mol. The number of alkyl halides is 2. The van der Waals surface area contributed by atoms with Gasteiger partial charge in [-0.15, -0.1) is 0 Å². The van der Waals surface area contributed by atoms with Crippen molar-refractivity contribution in [3.05, 3.63) is 53.9 Å². The van der Waals surface area contributed by atoms with Crippen LogP contribution in [0.15, 0.2) is 42.5 Å². The largest absolute Gasteiger partial charge is 0.454 e. The normalized spacial score (nSPS) is 18.4. The average molecular weight is 414 g/mol. The minimum absolute atomic E-state index is 0.181. The molecule has 3 aromatic rings. The van der Waals surface area contributed by atoms with E-state index in [1.54, 1.807) is 18.2 Å². The molecule has 158 valence electrons. The molecule has 1 saturated heterocycles. The number of fused-ring (bicyclic) bond motifs is 2. The number of imidazole rings is 1. The van der Waals surface area contributed by atoms with E-state index in [0.717, 1.165) is 48.8 Å². The molecule has 3 heterocycles. The maximum Gasteiger partial charge on any atom is 0.320 e. The minimum atomic E-state index is -2.61. The predicted molar refractivity (Wildman–Crippen MR) is 109 cm³/mol.